The second-order valence-corrected chi connectivity index (χ2v) is 3.34. The van der Waals surface area contributed by atoms with Gasteiger partial charge in [-0.05, 0) is 19.1 Å². The maximum Gasteiger partial charge on any atom is 0.325 e. The highest BCUT2D eigenvalue weighted by Gasteiger charge is 2.19. The van der Waals surface area contributed by atoms with Gasteiger partial charge in [0.25, 0.3) is 5.69 Å². The van der Waals surface area contributed by atoms with Crippen LogP contribution in [0.5, 0.6) is 5.75 Å². The van der Waals surface area contributed by atoms with Crippen molar-refractivity contribution in [1.29, 1.82) is 0 Å². The molecular formula is C10H12N2O5. The number of carboxylic acid groups (broad SMARTS) is 1. The predicted octanol–water partition coefficient (Wildman–Crippen LogP) is 1.49. The van der Waals surface area contributed by atoms with E-state index < -0.39 is 16.9 Å². The quantitative estimate of drug-likeness (QED) is 0.597. The van der Waals surface area contributed by atoms with Crippen molar-refractivity contribution in [1.82, 2.24) is 0 Å². The van der Waals surface area contributed by atoms with E-state index in [4.69, 9.17) is 9.84 Å². The average molecular weight is 240 g/mol. The molecular weight excluding hydrogens is 228 g/mol. The topological polar surface area (TPSA) is 102 Å². The minimum absolute atomic E-state index is 0.144. The highest BCUT2D eigenvalue weighted by atomic mass is 16.6. The molecule has 0 amide bonds. The molecule has 0 radical (unpaired) electrons. The molecule has 7 nitrogen and oxygen atoms in total. The molecule has 0 aliphatic carbocycles. The highest BCUT2D eigenvalue weighted by Crippen LogP contribution is 2.29. The summed E-state index contributed by atoms with van der Waals surface area (Å²) in [5, 5.41) is 22.1. The number of carbonyl (C=O) groups is 1. The van der Waals surface area contributed by atoms with Gasteiger partial charge in [0.1, 0.15) is 17.5 Å². The zero-order valence-electron chi connectivity index (χ0n) is 9.34. The standard InChI is InChI=1S/C10H12N2O5/c1-6(10(13)14)11-8-4-3-7(17-2)5-9(8)12(15)16/h3-6,11H,1-2H3,(H,13,14)/t6-/m0/s1. The molecule has 0 aliphatic heterocycles. The van der Waals surface area contributed by atoms with Crippen LogP contribution in [0.2, 0.25) is 0 Å². The van der Waals surface area contributed by atoms with Crippen LogP contribution in [0.25, 0.3) is 0 Å². The first-order valence-corrected chi connectivity index (χ1v) is 4.77. The number of nitrogens with one attached hydrogen (secondary N) is 1. The second kappa shape index (κ2) is 5.15. The molecule has 0 heterocycles. The molecule has 0 fully saturated rings. The summed E-state index contributed by atoms with van der Waals surface area (Å²) < 4.78 is 4.86. The van der Waals surface area contributed by atoms with E-state index in [1.165, 1.54) is 32.2 Å². The molecule has 0 unspecified atom stereocenters. The van der Waals surface area contributed by atoms with Gasteiger partial charge in [0.05, 0.1) is 18.1 Å². The zero-order valence-corrected chi connectivity index (χ0v) is 9.34. The molecule has 92 valence electrons. The van der Waals surface area contributed by atoms with Gasteiger partial charge in [-0.25, -0.2) is 0 Å². The Morgan fingerprint density at radius 1 is 1.59 bits per heavy atom. The highest BCUT2D eigenvalue weighted by molar-refractivity contribution is 5.78. The van der Waals surface area contributed by atoms with Crippen molar-refractivity contribution in [2.45, 2.75) is 13.0 Å². The Balaban J connectivity index is 3.06. The third kappa shape index (κ3) is 3.07. The van der Waals surface area contributed by atoms with Crippen molar-refractivity contribution in [3.63, 3.8) is 0 Å². The second-order valence-electron chi connectivity index (χ2n) is 3.34. The van der Waals surface area contributed by atoms with Crippen molar-refractivity contribution in [3.8, 4) is 5.75 Å². The van der Waals surface area contributed by atoms with Gasteiger partial charge in [-0.1, -0.05) is 0 Å². The minimum atomic E-state index is -1.09. The van der Waals surface area contributed by atoms with Crippen molar-refractivity contribution >= 4 is 17.3 Å². The Bertz CT molecular complexity index is 446. The monoisotopic (exact) mass is 240 g/mol. The Kier molecular flexibility index (Phi) is 3.86. The van der Waals surface area contributed by atoms with E-state index in [0.29, 0.717) is 5.75 Å². The fourth-order valence-electron chi connectivity index (χ4n) is 1.21. The summed E-state index contributed by atoms with van der Waals surface area (Å²) in [4.78, 5) is 20.9. The molecule has 0 aliphatic rings. The van der Waals surface area contributed by atoms with Gasteiger partial charge in [0.15, 0.2) is 0 Å². The number of nitro benzene ring substituents is 1. The lowest BCUT2D eigenvalue weighted by molar-refractivity contribution is -0.384. The maximum atomic E-state index is 10.8. The number of ether oxygens (including phenoxy) is 1. The van der Waals surface area contributed by atoms with E-state index in [9.17, 15) is 14.9 Å². The van der Waals surface area contributed by atoms with Gasteiger partial charge in [-0.2, -0.15) is 0 Å². The third-order valence-corrected chi connectivity index (χ3v) is 2.14. The van der Waals surface area contributed by atoms with E-state index in [2.05, 4.69) is 5.32 Å². The first-order chi connectivity index (χ1) is 7.95. The number of carboxylic acids is 1. The maximum absolute atomic E-state index is 10.8. The smallest absolute Gasteiger partial charge is 0.325 e. The molecule has 1 aromatic carbocycles. The lowest BCUT2D eigenvalue weighted by Crippen LogP contribution is -2.25. The first kappa shape index (κ1) is 12.8. The lowest BCUT2D eigenvalue weighted by Gasteiger charge is -2.11. The summed E-state index contributed by atoms with van der Waals surface area (Å²) in [5.41, 5.74) is -0.0804. The Morgan fingerprint density at radius 3 is 2.71 bits per heavy atom. The number of nitro groups is 1. The lowest BCUT2D eigenvalue weighted by atomic mass is 10.2. The Hall–Kier alpha value is -2.31. The normalized spacial score (nSPS) is 11.6. The van der Waals surface area contributed by atoms with E-state index in [1.807, 2.05) is 0 Å². The van der Waals surface area contributed by atoms with Gasteiger partial charge < -0.3 is 15.2 Å². The first-order valence-electron chi connectivity index (χ1n) is 4.77. The van der Waals surface area contributed by atoms with Gasteiger partial charge in [0, 0.05) is 0 Å². The largest absolute Gasteiger partial charge is 0.496 e. The molecule has 0 aromatic heterocycles. The minimum Gasteiger partial charge on any atom is -0.496 e. The van der Waals surface area contributed by atoms with Crippen LogP contribution < -0.4 is 10.1 Å². The van der Waals surface area contributed by atoms with Crippen molar-refractivity contribution in [2.75, 3.05) is 12.4 Å². The van der Waals surface area contributed by atoms with Crippen LogP contribution in [0.15, 0.2) is 18.2 Å². The van der Waals surface area contributed by atoms with Crippen LogP contribution in [0.3, 0.4) is 0 Å². The summed E-state index contributed by atoms with van der Waals surface area (Å²) in [6.07, 6.45) is 0. The Labute approximate surface area is 97.2 Å². The molecule has 1 atom stereocenters. The summed E-state index contributed by atoms with van der Waals surface area (Å²) in [7, 11) is 1.39. The van der Waals surface area contributed by atoms with Crippen LogP contribution in [0, 0.1) is 10.1 Å². The number of anilines is 1. The third-order valence-electron chi connectivity index (χ3n) is 2.14. The van der Waals surface area contributed by atoms with Crippen LogP contribution in [-0.2, 0) is 4.79 Å². The molecule has 7 heteroatoms. The van der Waals surface area contributed by atoms with E-state index in [1.54, 1.807) is 0 Å². The summed E-state index contributed by atoms with van der Waals surface area (Å²) >= 11 is 0. The van der Waals surface area contributed by atoms with Gasteiger partial charge in [0.2, 0.25) is 0 Å². The van der Waals surface area contributed by atoms with Crippen molar-refractivity contribution < 1.29 is 19.6 Å². The molecule has 0 saturated heterocycles. The Morgan fingerprint density at radius 2 is 2.24 bits per heavy atom. The number of benzene rings is 1. The average Bonchev–Trinajstić information content (AvgIpc) is 2.29. The summed E-state index contributed by atoms with van der Waals surface area (Å²) in [5.74, 6) is -0.750. The van der Waals surface area contributed by atoms with Crippen LogP contribution in [0.1, 0.15) is 6.92 Å². The predicted molar refractivity (Wildman–Crippen MR) is 60.4 cm³/mol. The van der Waals surface area contributed by atoms with Gasteiger partial charge in [-0.3, -0.25) is 14.9 Å². The molecule has 17 heavy (non-hydrogen) atoms. The molecule has 0 spiro atoms. The van der Waals surface area contributed by atoms with Crippen LogP contribution in [-0.4, -0.2) is 29.2 Å². The van der Waals surface area contributed by atoms with Gasteiger partial charge >= 0.3 is 5.97 Å². The number of methoxy groups -OCH3 is 1. The molecule has 0 saturated carbocycles. The number of hydrogen-bond acceptors (Lipinski definition) is 5. The molecule has 2 N–H and O–H groups in total. The molecule has 1 rings (SSSR count). The fourth-order valence-corrected chi connectivity index (χ4v) is 1.21. The van der Waals surface area contributed by atoms with E-state index in [0.717, 1.165) is 0 Å². The SMILES string of the molecule is COc1ccc(N[C@@H](C)C(=O)O)c([N+](=O)[O-])c1. The van der Waals surface area contributed by atoms with Crippen molar-refractivity contribution in [2.24, 2.45) is 0 Å². The molecule has 1 aromatic rings. The number of aliphatic carboxylic acids is 1. The molecule has 0 bridgehead atoms. The summed E-state index contributed by atoms with van der Waals surface area (Å²) in [6, 6.07) is 3.25. The number of rotatable bonds is 5. The zero-order chi connectivity index (χ0) is 13.0. The number of hydrogen-bond donors (Lipinski definition) is 2. The number of nitrogens with zero attached hydrogens (tertiary/aromatic N) is 1. The van der Waals surface area contributed by atoms with Crippen molar-refractivity contribution in [3.05, 3.63) is 28.3 Å². The van der Waals surface area contributed by atoms with Crippen LogP contribution >= 0.6 is 0 Å². The van der Waals surface area contributed by atoms with E-state index in [-0.39, 0.29) is 11.4 Å². The van der Waals surface area contributed by atoms with Crippen LogP contribution in [0.4, 0.5) is 11.4 Å². The fraction of sp³-hybridized carbons (Fsp3) is 0.300. The van der Waals surface area contributed by atoms with E-state index >= 15 is 0 Å². The van der Waals surface area contributed by atoms with Gasteiger partial charge in [-0.15, -0.1) is 0 Å². The summed E-state index contributed by atoms with van der Waals surface area (Å²) in [6.45, 7) is 1.40.